The average molecular weight is 274 g/mol. The third-order valence-electron chi connectivity index (χ3n) is 3.97. The monoisotopic (exact) mass is 274 g/mol. The smallest absolute Gasteiger partial charge is 0.466 e. The summed E-state index contributed by atoms with van der Waals surface area (Å²) < 4.78 is 42.5. The van der Waals surface area contributed by atoms with Gasteiger partial charge in [-0.15, -0.1) is 0 Å². The molecule has 92 valence electrons. The number of hydrogen-bond acceptors (Lipinski definition) is 2. The fourth-order valence-electron chi connectivity index (χ4n) is 3.05. The van der Waals surface area contributed by atoms with Crippen LogP contribution in [0, 0.1) is 11.3 Å². The zero-order chi connectivity index (χ0) is 12.0. The summed E-state index contributed by atoms with van der Waals surface area (Å²) in [5.74, 6) is -1.74. The van der Waals surface area contributed by atoms with E-state index in [0.717, 1.165) is 0 Å². The Balaban J connectivity index is 0.00000144. The predicted molar refractivity (Wildman–Crippen MR) is 53.9 cm³/mol. The summed E-state index contributed by atoms with van der Waals surface area (Å²) in [5.41, 5.74) is -0.602. The molecule has 0 aliphatic heterocycles. The van der Waals surface area contributed by atoms with Crippen molar-refractivity contribution in [2.24, 2.45) is 11.3 Å². The van der Waals surface area contributed by atoms with Crippen molar-refractivity contribution in [3.05, 3.63) is 0 Å². The van der Waals surface area contributed by atoms with Gasteiger partial charge in [-0.05, 0) is 26.2 Å². The van der Waals surface area contributed by atoms with Gasteiger partial charge >= 0.3 is 64.3 Å². The quantitative estimate of drug-likeness (QED) is 0.533. The van der Waals surface area contributed by atoms with Crippen LogP contribution in [0.15, 0.2) is 0 Å². The van der Waals surface area contributed by atoms with Crippen LogP contribution in [0.4, 0.5) is 12.9 Å². The molecule has 7 heteroatoms. The third kappa shape index (κ3) is 3.29. The molecule has 2 aliphatic carbocycles. The number of rotatable bonds is 3. The molecular formula is C10H15BF3KO2. The molecule has 0 aromatic heterocycles. The van der Waals surface area contributed by atoms with Crippen LogP contribution in [0.3, 0.4) is 0 Å². The maximum atomic E-state index is 12.6. The molecule has 3 unspecified atom stereocenters. The van der Waals surface area contributed by atoms with Gasteiger partial charge in [-0.1, -0.05) is 17.7 Å². The number of esters is 1. The molecule has 0 aromatic carbocycles. The second-order valence-electron chi connectivity index (χ2n) is 4.99. The van der Waals surface area contributed by atoms with Gasteiger partial charge < -0.3 is 17.7 Å². The Morgan fingerprint density at radius 2 is 2.06 bits per heavy atom. The van der Waals surface area contributed by atoms with Crippen molar-refractivity contribution in [2.75, 3.05) is 6.61 Å². The van der Waals surface area contributed by atoms with Gasteiger partial charge in [-0.25, -0.2) is 0 Å². The van der Waals surface area contributed by atoms with Gasteiger partial charge in [0.1, 0.15) is 0 Å². The van der Waals surface area contributed by atoms with E-state index in [2.05, 4.69) is 0 Å². The molecule has 1 spiro atoms. The standard InChI is InChI=1S/C10H15BF3O2.K/c1-2-16-9(15)7-3-4-10(5-7)6-8(10)11(12,13)14;/h7-8H,2-6H2,1H3;/q-1;+1. The van der Waals surface area contributed by atoms with E-state index in [1.807, 2.05) is 0 Å². The molecule has 2 aliphatic rings. The molecule has 2 saturated carbocycles. The Hall–Kier alpha value is 0.961. The van der Waals surface area contributed by atoms with Crippen molar-refractivity contribution in [1.82, 2.24) is 0 Å². The molecule has 0 aromatic rings. The van der Waals surface area contributed by atoms with Crippen molar-refractivity contribution in [3.63, 3.8) is 0 Å². The molecule has 0 saturated heterocycles. The second kappa shape index (κ2) is 5.53. The predicted octanol–water partition coefficient (Wildman–Crippen LogP) is -0.0387. The molecule has 2 rings (SSSR count). The molecular weight excluding hydrogens is 259 g/mol. The Morgan fingerprint density at radius 1 is 1.41 bits per heavy atom. The molecule has 0 N–H and O–H groups in total. The van der Waals surface area contributed by atoms with Crippen LogP contribution in [-0.4, -0.2) is 19.6 Å². The van der Waals surface area contributed by atoms with E-state index < -0.39 is 18.2 Å². The Bertz CT molecular complexity index is 310. The number of ether oxygens (including phenoxy) is 1. The molecule has 0 bridgehead atoms. The van der Waals surface area contributed by atoms with Crippen molar-refractivity contribution in [2.45, 2.75) is 38.4 Å². The maximum absolute atomic E-state index is 12.6. The van der Waals surface area contributed by atoms with Crippen molar-refractivity contribution in [1.29, 1.82) is 0 Å². The summed E-state index contributed by atoms with van der Waals surface area (Å²) in [7, 11) is 0. The van der Waals surface area contributed by atoms with Crippen LogP contribution in [-0.2, 0) is 9.53 Å². The minimum atomic E-state index is -4.72. The summed E-state index contributed by atoms with van der Waals surface area (Å²) in [5, 5.41) is 0. The third-order valence-corrected chi connectivity index (χ3v) is 3.97. The second-order valence-corrected chi connectivity index (χ2v) is 4.99. The first-order valence-corrected chi connectivity index (χ1v) is 5.75. The van der Waals surface area contributed by atoms with Crippen LogP contribution in [0.25, 0.3) is 0 Å². The SMILES string of the molecule is CCOC(=O)C1CCC2(C1)CC2[B-](F)(F)F.[K+]. The van der Waals surface area contributed by atoms with Crippen molar-refractivity contribution < 1.29 is 73.9 Å². The normalized spacial score (nSPS) is 35.5. The number of hydrogen-bond donors (Lipinski definition) is 0. The van der Waals surface area contributed by atoms with Gasteiger partial charge in [0.05, 0.1) is 12.5 Å². The zero-order valence-electron chi connectivity index (χ0n) is 10.2. The summed E-state index contributed by atoms with van der Waals surface area (Å²) in [6, 6.07) is 0. The van der Waals surface area contributed by atoms with Crippen LogP contribution < -0.4 is 51.4 Å². The summed E-state index contributed by atoms with van der Waals surface area (Å²) in [6.07, 6.45) is 1.69. The van der Waals surface area contributed by atoms with E-state index >= 15 is 0 Å². The molecule has 0 heterocycles. The van der Waals surface area contributed by atoms with Crippen molar-refractivity contribution >= 4 is 12.9 Å². The van der Waals surface area contributed by atoms with Crippen LogP contribution in [0.5, 0.6) is 0 Å². The Labute approximate surface area is 142 Å². The van der Waals surface area contributed by atoms with Gasteiger partial charge in [-0.3, -0.25) is 4.79 Å². The average Bonchev–Trinajstić information content (AvgIpc) is 2.69. The van der Waals surface area contributed by atoms with E-state index in [-0.39, 0.29) is 69.7 Å². The first-order chi connectivity index (χ1) is 7.39. The summed E-state index contributed by atoms with van der Waals surface area (Å²) in [4.78, 5) is 11.4. The first-order valence-electron chi connectivity index (χ1n) is 5.75. The van der Waals surface area contributed by atoms with Gasteiger partial charge in [0.15, 0.2) is 0 Å². The van der Waals surface area contributed by atoms with E-state index in [1.54, 1.807) is 6.92 Å². The van der Waals surface area contributed by atoms with Crippen molar-refractivity contribution in [3.8, 4) is 0 Å². The van der Waals surface area contributed by atoms with Gasteiger partial charge in [0.25, 0.3) is 0 Å². The van der Waals surface area contributed by atoms with E-state index in [0.29, 0.717) is 25.9 Å². The first kappa shape index (κ1) is 16.0. The minimum absolute atomic E-state index is 0. The summed E-state index contributed by atoms with van der Waals surface area (Å²) >= 11 is 0. The Morgan fingerprint density at radius 3 is 2.53 bits per heavy atom. The number of carbonyl (C=O) groups is 1. The van der Waals surface area contributed by atoms with Crippen LogP contribution in [0.1, 0.15) is 32.6 Å². The molecule has 3 atom stereocenters. The zero-order valence-corrected chi connectivity index (χ0v) is 13.3. The minimum Gasteiger partial charge on any atom is -0.466 e. The number of halogens is 3. The van der Waals surface area contributed by atoms with Crippen LogP contribution >= 0.6 is 0 Å². The Kier molecular flexibility index (Phi) is 5.21. The largest absolute Gasteiger partial charge is 1.00 e. The fraction of sp³-hybridized carbons (Fsp3) is 0.900. The number of carbonyl (C=O) groups excluding carboxylic acids is 1. The van der Waals surface area contributed by atoms with E-state index in [1.165, 1.54) is 0 Å². The fourth-order valence-corrected chi connectivity index (χ4v) is 3.05. The van der Waals surface area contributed by atoms with E-state index in [9.17, 15) is 17.7 Å². The molecule has 2 fully saturated rings. The molecule has 17 heavy (non-hydrogen) atoms. The summed E-state index contributed by atoms with van der Waals surface area (Å²) in [6.45, 7) is -2.71. The molecule has 0 radical (unpaired) electrons. The van der Waals surface area contributed by atoms with Crippen LogP contribution in [0.2, 0.25) is 5.82 Å². The molecule has 2 nitrogen and oxygen atoms in total. The topological polar surface area (TPSA) is 26.3 Å². The molecule has 0 amide bonds. The maximum Gasteiger partial charge on any atom is 1.00 e. The van der Waals surface area contributed by atoms with E-state index in [4.69, 9.17) is 4.74 Å². The van der Waals surface area contributed by atoms with Gasteiger partial charge in [-0.2, -0.15) is 0 Å². The van der Waals surface area contributed by atoms with Gasteiger partial charge in [0, 0.05) is 0 Å². The van der Waals surface area contributed by atoms with Gasteiger partial charge in [0.2, 0.25) is 0 Å².